The van der Waals surface area contributed by atoms with E-state index in [9.17, 15) is 9.59 Å². The Morgan fingerprint density at radius 2 is 1.89 bits per heavy atom. The number of rotatable bonds is 10. The summed E-state index contributed by atoms with van der Waals surface area (Å²) < 4.78 is 10.6. The average Bonchev–Trinajstić information content (AvgIpc) is 2.72. The fourth-order valence-electron chi connectivity index (χ4n) is 2.69. The van der Waals surface area contributed by atoms with E-state index in [1.165, 1.54) is 0 Å². The third-order valence-electron chi connectivity index (χ3n) is 4.42. The Balaban J connectivity index is 1.93. The van der Waals surface area contributed by atoms with Gasteiger partial charge in [-0.2, -0.15) is 0 Å². The Morgan fingerprint density at radius 1 is 1.11 bits per heavy atom. The van der Waals surface area contributed by atoms with Crippen LogP contribution in [0.3, 0.4) is 0 Å². The summed E-state index contributed by atoms with van der Waals surface area (Å²) >= 11 is 0. The maximum atomic E-state index is 12.3. The molecule has 0 saturated carbocycles. The smallest absolute Gasteiger partial charge is 0.262 e. The van der Waals surface area contributed by atoms with Crippen molar-refractivity contribution in [1.29, 1.82) is 0 Å². The van der Waals surface area contributed by atoms with Crippen molar-refractivity contribution in [3.63, 3.8) is 0 Å². The van der Waals surface area contributed by atoms with E-state index < -0.39 is 0 Å². The molecule has 0 radical (unpaired) electrons. The molecule has 6 heteroatoms. The van der Waals surface area contributed by atoms with Gasteiger partial charge in [-0.25, -0.2) is 0 Å². The number of benzene rings is 2. The lowest BCUT2D eigenvalue weighted by atomic mass is 9.98. The van der Waals surface area contributed by atoms with Crippen LogP contribution < -0.4 is 15.4 Å². The molecule has 0 aliphatic carbocycles. The Kier molecular flexibility index (Phi) is 8.49. The van der Waals surface area contributed by atoms with Crippen molar-refractivity contribution in [1.82, 2.24) is 5.32 Å². The molecule has 0 aliphatic heterocycles. The van der Waals surface area contributed by atoms with Crippen molar-refractivity contribution in [2.75, 3.05) is 32.2 Å². The van der Waals surface area contributed by atoms with Gasteiger partial charge in [-0.15, -0.1) is 0 Å². The fraction of sp³-hybridized carbons (Fsp3) is 0.364. The summed E-state index contributed by atoms with van der Waals surface area (Å²) in [5.74, 6) is 0.577. The molecule has 150 valence electrons. The highest BCUT2D eigenvalue weighted by Gasteiger charge is 2.12. The molecular formula is C22H28N2O4. The molecule has 0 bridgehead atoms. The van der Waals surface area contributed by atoms with E-state index in [0.29, 0.717) is 30.3 Å². The maximum Gasteiger partial charge on any atom is 0.262 e. The number of hydrogen-bond donors (Lipinski definition) is 2. The van der Waals surface area contributed by atoms with Crippen molar-refractivity contribution < 1.29 is 19.1 Å². The summed E-state index contributed by atoms with van der Waals surface area (Å²) in [5, 5.41) is 5.52. The van der Waals surface area contributed by atoms with Gasteiger partial charge in [-0.3, -0.25) is 9.59 Å². The largest absolute Gasteiger partial charge is 0.483 e. The molecule has 0 aromatic heterocycles. The third kappa shape index (κ3) is 6.39. The summed E-state index contributed by atoms with van der Waals surface area (Å²) in [6.45, 7) is 5.02. The van der Waals surface area contributed by atoms with Crippen LogP contribution in [0, 0.1) is 0 Å². The number of ether oxygens (including phenoxy) is 2. The van der Waals surface area contributed by atoms with E-state index >= 15 is 0 Å². The molecule has 6 nitrogen and oxygen atoms in total. The predicted molar refractivity (Wildman–Crippen MR) is 110 cm³/mol. The van der Waals surface area contributed by atoms with Gasteiger partial charge >= 0.3 is 0 Å². The van der Waals surface area contributed by atoms with Gasteiger partial charge in [0.05, 0.1) is 6.61 Å². The van der Waals surface area contributed by atoms with Gasteiger partial charge in [-0.05, 0) is 42.2 Å². The average molecular weight is 384 g/mol. The van der Waals surface area contributed by atoms with Crippen molar-refractivity contribution >= 4 is 17.5 Å². The molecule has 2 N–H and O–H groups in total. The Morgan fingerprint density at radius 3 is 2.64 bits per heavy atom. The minimum absolute atomic E-state index is 0.0995. The normalized spacial score (nSPS) is 11.5. The van der Waals surface area contributed by atoms with Crippen LogP contribution in [0.2, 0.25) is 0 Å². The standard InChI is InChI=1S/C22H28N2O4/c1-4-16(2)19-10-5-6-11-20(19)28-15-21(25)24-18-9-7-8-17(14-18)22(26)23-12-13-27-3/h5-11,14,16H,4,12-13,15H2,1-3H3,(H,23,26)(H,24,25). The van der Waals surface area contributed by atoms with Crippen LogP contribution in [0.1, 0.15) is 42.1 Å². The first kappa shape index (κ1) is 21.4. The molecule has 0 spiro atoms. The van der Waals surface area contributed by atoms with Gasteiger partial charge in [-0.1, -0.05) is 38.1 Å². The number of amides is 2. The minimum Gasteiger partial charge on any atom is -0.483 e. The van der Waals surface area contributed by atoms with E-state index in [-0.39, 0.29) is 18.4 Å². The van der Waals surface area contributed by atoms with E-state index in [2.05, 4.69) is 24.5 Å². The summed E-state index contributed by atoms with van der Waals surface area (Å²) in [4.78, 5) is 24.4. The lowest BCUT2D eigenvalue weighted by molar-refractivity contribution is -0.118. The summed E-state index contributed by atoms with van der Waals surface area (Å²) in [7, 11) is 1.58. The monoisotopic (exact) mass is 384 g/mol. The van der Waals surface area contributed by atoms with Gasteiger partial charge in [0.25, 0.3) is 11.8 Å². The van der Waals surface area contributed by atoms with E-state index in [4.69, 9.17) is 9.47 Å². The molecule has 0 heterocycles. The first-order valence-electron chi connectivity index (χ1n) is 9.44. The van der Waals surface area contributed by atoms with E-state index in [1.807, 2.05) is 24.3 Å². The molecule has 2 amide bonds. The zero-order valence-electron chi connectivity index (χ0n) is 16.7. The lowest BCUT2D eigenvalue weighted by Gasteiger charge is -2.15. The first-order valence-corrected chi connectivity index (χ1v) is 9.44. The number of carbonyl (C=O) groups is 2. The number of nitrogens with one attached hydrogen (secondary N) is 2. The second-order valence-corrected chi connectivity index (χ2v) is 6.51. The number of para-hydroxylation sites is 1. The molecule has 0 fully saturated rings. The van der Waals surface area contributed by atoms with Gasteiger partial charge in [0, 0.05) is 24.9 Å². The number of carbonyl (C=O) groups excluding carboxylic acids is 2. The van der Waals surface area contributed by atoms with Gasteiger partial charge < -0.3 is 20.1 Å². The van der Waals surface area contributed by atoms with Crippen molar-refractivity contribution in [2.24, 2.45) is 0 Å². The molecule has 2 aromatic carbocycles. The summed E-state index contributed by atoms with van der Waals surface area (Å²) in [5.41, 5.74) is 2.10. The zero-order chi connectivity index (χ0) is 20.4. The second-order valence-electron chi connectivity index (χ2n) is 6.51. The number of hydrogen-bond acceptors (Lipinski definition) is 4. The van der Waals surface area contributed by atoms with Gasteiger partial charge in [0.1, 0.15) is 5.75 Å². The molecular weight excluding hydrogens is 356 g/mol. The molecule has 0 aliphatic rings. The van der Waals surface area contributed by atoms with Crippen molar-refractivity contribution in [3.05, 3.63) is 59.7 Å². The van der Waals surface area contributed by atoms with Crippen LogP contribution in [0.25, 0.3) is 0 Å². The summed E-state index contributed by atoms with van der Waals surface area (Å²) in [6, 6.07) is 14.5. The van der Waals surface area contributed by atoms with Crippen LogP contribution in [-0.2, 0) is 9.53 Å². The van der Waals surface area contributed by atoms with Crippen molar-refractivity contribution in [2.45, 2.75) is 26.2 Å². The molecule has 28 heavy (non-hydrogen) atoms. The Bertz CT molecular complexity index is 792. The molecule has 0 saturated heterocycles. The maximum absolute atomic E-state index is 12.3. The minimum atomic E-state index is -0.282. The third-order valence-corrected chi connectivity index (χ3v) is 4.42. The molecule has 1 atom stereocenters. The molecule has 1 unspecified atom stereocenters. The van der Waals surface area contributed by atoms with Crippen LogP contribution in [0.4, 0.5) is 5.69 Å². The lowest BCUT2D eigenvalue weighted by Crippen LogP contribution is -2.27. The predicted octanol–water partition coefficient (Wildman–Crippen LogP) is 3.59. The van der Waals surface area contributed by atoms with Gasteiger partial charge in [0.15, 0.2) is 6.61 Å². The van der Waals surface area contributed by atoms with Crippen LogP contribution in [0.15, 0.2) is 48.5 Å². The van der Waals surface area contributed by atoms with Gasteiger partial charge in [0.2, 0.25) is 0 Å². The van der Waals surface area contributed by atoms with Crippen molar-refractivity contribution in [3.8, 4) is 5.75 Å². The molecule has 2 aromatic rings. The number of anilines is 1. The quantitative estimate of drug-likeness (QED) is 0.614. The van der Waals surface area contributed by atoms with Crippen LogP contribution in [0.5, 0.6) is 5.75 Å². The SMILES string of the molecule is CCC(C)c1ccccc1OCC(=O)Nc1cccc(C(=O)NCCOC)c1. The van der Waals surface area contributed by atoms with E-state index in [1.54, 1.807) is 31.4 Å². The Hall–Kier alpha value is -2.86. The van der Waals surface area contributed by atoms with E-state index in [0.717, 1.165) is 17.7 Å². The highest BCUT2D eigenvalue weighted by atomic mass is 16.5. The fourth-order valence-corrected chi connectivity index (χ4v) is 2.69. The van der Waals surface area contributed by atoms with Crippen LogP contribution in [-0.4, -0.2) is 38.7 Å². The highest BCUT2D eigenvalue weighted by Crippen LogP contribution is 2.28. The Labute approximate surface area is 166 Å². The van der Waals surface area contributed by atoms with Crippen LogP contribution >= 0.6 is 0 Å². The highest BCUT2D eigenvalue weighted by molar-refractivity contribution is 5.97. The number of methoxy groups -OCH3 is 1. The molecule has 2 rings (SSSR count). The zero-order valence-corrected chi connectivity index (χ0v) is 16.7. The topological polar surface area (TPSA) is 76.7 Å². The second kappa shape index (κ2) is 11.1. The first-order chi connectivity index (χ1) is 13.5. The summed E-state index contributed by atoms with van der Waals surface area (Å²) in [6.07, 6.45) is 0.992.